The van der Waals surface area contributed by atoms with Crippen LogP contribution in [0.2, 0.25) is 5.02 Å². The number of benzene rings is 2. The molecule has 4 heteroatoms. The molecule has 0 radical (unpaired) electrons. The van der Waals surface area contributed by atoms with E-state index in [2.05, 4.69) is 12.2 Å². The second-order valence-corrected chi connectivity index (χ2v) is 5.35. The van der Waals surface area contributed by atoms with Gasteiger partial charge in [0.15, 0.2) is 6.10 Å². The zero-order valence-electron chi connectivity index (χ0n) is 12.8. The van der Waals surface area contributed by atoms with Gasteiger partial charge in [0.2, 0.25) is 0 Å². The minimum Gasteiger partial charge on any atom is -0.479 e. The van der Waals surface area contributed by atoms with Crippen molar-refractivity contribution in [2.24, 2.45) is 0 Å². The first-order chi connectivity index (χ1) is 10.7. The van der Waals surface area contributed by atoms with Crippen LogP contribution in [0.15, 0.2) is 48.5 Å². The van der Waals surface area contributed by atoms with Crippen molar-refractivity contribution in [2.45, 2.75) is 32.8 Å². The number of hydrogen-bond acceptors (Lipinski definition) is 2. The van der Waals surface area contributed by atoms with Gasteiger partial charge in [-0.2, -0.15) is 0 Å². The number of ether oxygens (including phenoxy) is 1. The molecule has 0 aliphatic carbocycles. The molecule has 3 nitrogen and oxygen atoms in total. The van der Waals surface area contributed by atoms with Crippen molar-refractivity contribution in [3.8, 4) is 5.75 Å². The second-order valence-electron chi connectivity index (χ2n) is 4.95. The smallest absolute Gasteiger partial charge is 0.265 e. The van der Waals surface area contributed by atoms with Crippen LogP contribution in [0.3, 0.4) is 0 Å². The number of hydrogen-bond donors (Lipinski definition) is 1. The first kappa shape index (κ1) is 16.4. The molecule has 116 valence electrons. The van der Waals surface area contributed by atoms with E-state index in [9.17, 15) is 4.79 Å². The molecule has 0 aliphatic rings. The van der Waals surface area contributed by atoms with Crippen LogP contribution in [0.25, 0.3) is 0 Å². The van der Waals surface area contributed by atoms with Crippen LogP contribution < -0.4 is 10.1 Å². The van der Waals surface area contributed by atoms with Gasteiger partial charge in [0.05, 0.1) is 5.02 Å². The van der Waals surface area contributed by atoms with Crippen LogP contribution in [0.1, 0.15) is 25.8 Å². The number of halogens is 1. The molecule has 1 N–H and O–H groups in total. The number of carbonyl (C=O) groups excluding carboxylic acids is 1. The van der Waals surface area contributed by atoms with Crippen molar-refractivity contribution in [1.29, 1.82) is 0 Å². The second kappa shape index (κ2) is 7.85. The van der Waals surface area contributed by atoms with E-state index in [-0.39, 0.29) is 5.91 Å². The summed E-state index contributed by atoms with van der Waals surface area (Å²) < 4.78 is 5.76. The molecular formula is C18H20ClNO2. The standard InChI is InChI=1S/C18H20ClNO2/c1-3-13-9-5-7-11-15(13)20-18(21)16(4-2)22-17-12-8-6-10-14(17)19/h5-12,16H,3-4H2,1-2H3,(H,20,21). The lowest BCUT2D eigenvalue weighted by Crippen LogP contribution is -2.32. The van der Waals surface area contributed by atoms with E-state index in [1.807, 2.05) is 43.3 Å². The first-order valence-electron chi connectivity index (χ1n) is 7.45. The maximum absolute atomic E-state index is 12.4. The van der Waals surface area contributed by atoms with Gasteiger partial charge in [0, 0.05) is 5.69 Å². The number of para-hydroxylation sites is 2. The Bertz CT molecular complexity index is 642. The highest BCUT2D eigenvalue weighted by Crippen LogP contribution is 2.25. The van der Waals surface area contributed by atoms with Gasteiger partial charge in [0.25, 0.3) is 5.91 Å². The van der Waals surface area contributed by atoms with Crippen LogP contribution in [0.5, 0.6) is 5.75 Å². The van der Waals surface area contributed by atoms with Gasteiger partial charge in [-0.25, -0.2) is 0 Å². The van der Waals surface area contributed by atoms with Crippen molar-refractivity contribution >= 4 is 23.2 Å². The topological polar surface area (TPSA) is 38.3 Å². The van der Waals surface area contributed by atoms with Crippen molar-refractivity contribution in [2.75, 3.05) is 5.32 Å². The molecule has 0 saturated heterocycles. The van der Waals surface area contributed by atoms with Crippen LogP contribution in [-0.2, 0) is 11.2 Å². The quantitative estimate of drug-likeness (QED) is 0.838. The van der Waals surface area contributed by atoms with Gasteiger partial charge in [0.1, 0.15) is 5.75 Å². The van der Waals surface area contributed by atoms with Crippen molar-refractivity contribution in [1.82, 2.24) is 0 Å². The molecular weight excluding hydrogens is 298 g/mol. The Balaban J connectivity index is 2.11. The lowest BCUT2D eigenvalue weighted by Gasteiger charge is -2.19. The molecule has 22 heavy (non-hydrogen) atoms. The van der Waals surface area contributed by atoms with E-state index in [1.54, 1.807) is 12.1 Å². The minimum atomic E-state index is -0.579. The number of aryl methyl sites for hydroxylation is 1. The Hall–Kier alpha value is -2.00. The van der Waals surface area contributed by atoms with Gasteiger partial charge >= 0.3 is 0 Å². The fourth-order valence-electron chi connectivity index (χ4n) is 2.18. The average molecular weight is 318 g/mol. The molecule has 2 rings (SSSR count). The van der Waals surface area contributed by atoms with Crippen LogP contribution in [-0.4, -0.2) is 12.0 Å². The molecule has 0 bridgehead atoms. The van der Waals surface area contributed by atoms with Crippen LogP contribution >= 0.6 is 11.6 Å². The molecule has 0 saturated carbocycles. The number of rotatable bonds is 6. The van der Waals surface area contributed by atoms with E-state index < -0.39 is 6.10 Å². The fraction of sp³-hybridized carbons (Fsp3) is 0.278. The van der Waals surface area contributed by atoms with Gasteiger partial charge in [-0.15, -0.1) is 0 Å². The molecule has 0 heterocycles. The largest absolute Gasteiger partial charge is 0.479 e. The average Bonchev–Trinajstić information content (AvgIpc) is 2.54. The highest BCUT2D eigenvalue weighted by atomic mass is 35.5. The number of anilines is 1. The van der Waals surface area contributed by atoms with E-state index in [4.69, 9.17) is 16.3 Å². The van der Waals surface area contributed by atoms with Crippen molar-refractivity contribution < 1.29 is 9.53 Å². The molecule has 2 aromatic rings. The zero-order valence-corrected chi connectivity index (χ0v) is 13.6. The molecule has 1 unspecified atom stereocenters. The Morgan fingerprint density at radius 2 is 1.82 bits per heavy atom. The van der Waals surface area contributed by atoms with Gasteiger partial charge in [-0.3, -0.25) is 4.79 Å². The number of amides is 1. The predicted octanol–water partition coefficient (Wildman–Crippen LogP) is 4.70. The first-order valence-corrected chi connectivity index (χ1v) is 7.83. The van der Waals surface area contributed by atoms with E-state index in [0.717, 1.165) is 17.7 Å². The summed E-state index contributed by atoms with van der Waals surface area (Å²) in [4.78, 5) is 12.4. The monoisotopic (exact) mass is 317 g/mol. The summed E-state index contributed by atoms with van der Waals surface area (Å²) in [6.07, 6.45) is 0.842. The van der Waals surface area contributed by atoms with Gasteiger partial charge in [-0.05, 0) is 36.6 Å². The summed E-state index contributed by atoms with van der Waals surface area (Å²) in [5.41, 5.74) is 1.93. The highest BCUT2D eigenvalue weighted by Gasteiger charge is 2.20. The van der Waals surface area contributed by atoms with Gasteiger partial charge in [-0.1, -0.05) is 55.8 Å². The number of nitrogens with one attached hydrogen (secondary N) is 1. The zero-order chi connectivity index (χ0) is 15.9. The lowest BCUT2D eigenvalue weighted by molar-refractivity contribution is -0.122. The SMILES string of the molecule is CCc1ccccc1NC(=O)C(CC)Oc1ccccc1Cl. The Labute approximate surface area is 136 Å². The molecule has 2 aromatic carbocycles. The van der Waals surface area contributed by atoms with Crippen molar-refractivity contribution in [3.63, 3.8) is 0 Å². The third kappa shape index (κ3) is 4.01. The predicted molar refractivity (Wildman–Crippen MR) is 90.6 cm³/mol. The summed E-state index contributed by atoms with van der Waals surface area (Å²) >= 11 is 6.08. The van der Waals surface area contributed by atoms with Crippen LogP contribution in [0, 0.1) is 0 Å². The normalized spacial score (nSPS) is 11.8. The number of carbonyl (C=O) groups is 1. The maximum atomic E-state index is 12.4. The summed E-state index contributed by atoms with van der Waals surface area (Å²) in [5.74, 6) is 0.360. The fourth-order valence-corrected chi connectivity index (χ4v) is 2.36. The van der Waals surface area contributed by atoms with E-state index >= 15 is 0 Å². The third-order valence-corrected chi connectivity index (χ3v) is 3.74. The molecule has 1 atom stereocenters. The third-order valence-electron chi connectivity index (χ3n) is 3.43. The highest BCUT2D eigenvalue weighted by molar-refractivity contribution is 6.32. The van der Waals surface area contributed by atoms with Gasteiger partial charge < -0.3 is 10.1 Å². The molecule has 0 aromatic heterocycles. The minimum absolute atomic E-state index is 0.164. The maximum Gasteiger partial charge on any atom is 0.265 e. The summed E-state index contributed by atoms with van der Waals surface area (Å²) in [7, 11) is 0. The van der Waals surface area contributed by atoms with Crippen molar-refractivity contribution in [3.05, 3.63) is 59.1 Å². The molecule has 0 aliphatic heterocycles. The Morgan fingerprint density at radius 1 is 1.14 bits per heavy atom. The Morgan fingerprint density at radius 3 is 2.50 bits per heavy atom. The molecule has 1 amide bonds. The summed E-state index contributed by atoms with van der Waals surface area (Å²) in [6.45, 7) is 3.97. The van der Waals surface area contributed by atoms with Crippen LogP contribution in [0.4, 0.5) is 5.69 Å². The van der Waals surface area contributed by atoms with E-state index in [1.165, 1.54) is 0 Å². The lowest BCUT2D eigenvalue weighted by atomic mass is 10.1. The Kier molecular flexibility index (Phi) is 5.84. The summed E-state index contributed by atoms with van der Waals surface area (Å²) in [6, 6.07) is 14.9. The molecule has 0 fully saturated rings. The summed E-state index contributed by atoms with van der Waals surface area (Å²) in [5, 5.41) is 3.45. The van der Waals surface area contributed by atoms with E-state index in [0.29, 0.717) is 17.2 Å². The molecule has 0 spiro atoms.